The lowest BCUT2D eigenvalue weighted by Gasteiger charge is -2.34. The molecule has 0 radical (unpaired) electrons. The van der Waals surface area contributed by atoms with E-state index in [2.05, 4.69) is 0 Å². The Morgan fingerprint density at radius 3 is 2.44 bits per heavy atom. The number of benzene rings is 1. The molecular formula is C19H25NO5. The van der Waals surface area contributed by atoms with E-state index >= 15 is 0 Å². The lowest BCUT2D eigenvalue weighted by Crippen LogP contribution is -2.45. The van der Waals surface area contributed by atoms with Crippen molar-refractivity contribution in [3.63, 3.8) is 0 Å². The molecule has 1 amide bonds. The maximum atomic E-state index is 12.3. The molecule has 1 heterocycles. The van der Waals surface area contributed by atoms with Gasteiger partial charge < -0.3 is 14.7 Å². The first-order valence-corrected chi connectivity index (χ1v) is 8.67. The molecule has 1 saturated heterocycles. The van der Waals surface area contributed by atoms with Crippen molar-refractivity contribution in [1.29, 1.82) is 0 Å². The van der Waals surface area contributed by atoms with Crippen LogP contribution < -0.4 is 4.74 Å². The summed E-state index contributed by atoms with van der Waals surface area (Å²) in [5.41, 5.74) is 0.548. The fourth-order valence-electron chi connectivity index (χ4n) is 3.16. The number of amides is 1. The normalized spacial score (nSPS) is 20.2. The highest BCUT2D eigenvalue weighted by Crippen LogP contribution is 2.23. The Morgan fingerprint density at radius 1 is 1.16 bits per heavy atom. The fourth-order valence-corrected chi connectivity index (χ4v) is 3.16. The smallest absolute Gasteiger partial charge is 0.308 e. The average Bonchev–Trinajstić information content (AvgIpc) is 2.59. The lowest BCUT2D eigenvalue weighted by molar-refractivity contribution is -0.146. The summed E-state index contributed by atoms with van der Waals surface area (Å²) in [5, 5.41) is 9.18. The standard InChI is InChI=1S/C19H25NO5/c1-3-25-16-6-4-14(5-7-16)17(21)8-9-18(22)20-11-13(2)10-15(12-20)19(23)24/h4-7,13,15H,3,8-12H2,1-2H3,(H,23,24). The number of carboxylic acids is 1. The predicted molar refractivity (Wildman–Crippen MR) is 92.7 cm³/mol. The third kappa shape index (κ3) is 5.31. The van der Waals surface area contributed by atoms with Crippen LogP contribution in [-0.2, 0) is 9.59 Å². The van der Waals surface area contributed by atoms with Crippen LogP contribution in [0.1, 0.15) is 43.5 Å². The number of Topliss-reactive ketones (excluding diaryl/α,β-unsaturated/α-hetero) is 1. The second kappa shape index (κ2) is 8.65. The summed E-state index contributed by atoms with van der Waals surface area (Å²) in [6.07, 6.45) is 0.810. The van der Waals surface area contributed by atoms with Crippen molar-refractivity contribution in [3.8, 4) is 5.75 Å². The van der Waals surface area contributed by atoms with Crippen molar-refractivity contribution in [1.82, 2.24) is 4.90 Å². The molecule has 6 nitrogen and oxygen atoms in total. The number of likely N-dealkylation sites (tertiary alicyclic amines) is 1. The van der Waals surface area contributed by atoms with Crippen LogP contribution in [0.5, 0.6) is 5.75 Å². The molecule has 0 saturated carbocycles. The zero-order valence-corrected chi connectivity index (χ0v) is 14.7. The molecule has 1 aliphatic rings. The monoisotopic (exact) mass is 347 g/mol. The number of carbonyl (C=O) groups is 3. The quantitative estimate of drug-likeness (QED) is 0.767. The molecule has 6 heteroatoms. The van der Waals surface area contributed by atoms with Crippen LogP contribution in [-0.4, -0.2) is 47.4 Å². The van der Waals surface area contributed by atoms with Gasteiger partial charge in [-0.1, -0.05) is 6.92 Å². The Balaban J connectivity index is 1.88. The summed E-state index contributed by atoms with van der Waals surface area (Å²) < 4.78 is 5.34. The Bertz CT molecular complexity index is 625. The van der Waals surface area contributed by atoms with Gasteiger partial charge >= 0.3 is 5.97 Å². The topological polar surface area (TPSA) is 83.9 Å². The zero-order chi connectivity index (χ0) is 18.4. The zero-order valence-electron chi connectivity index (χ0n) is 14.7. The second-order valence-electron chi connectivity index (χ2n) is 6.56. The number of nitrogens with zero attached hydrogens (tertiary/aromatic N) is 1. The summed E-state index contributed by atoms with van der Waals surface area (Å²) in [5.74, 6) is -0.782. The first-order valence-electron chi connectivity index (χ1n) is 8.67. The van der Waals surface area contributed by atoms with Gasteiger partial charge in [0.1, 0.15) is 5.75 Å². The van der Waals surface area contributed by atoms with Gasteiger partial charge in [-0.25, -0.2) is 0 Å². The SMILES string of the molecule is CCOc1ccc(C(=O)CCC(=O)N2CC(C)CC(C(=O)O)C2)cc1. The van der Waals surface area contributed by atoms with E-state index in [4.69, 9.17) is 4.74 Å². The Morgan fingerprint density at radius 2 is 1.84 bits per heavy atom. The van der Waals surface area contributed by atoms with E-state index in [-0.39, 0.29) is 37.0 Å². The first-order chi connectivity index (χ1) is 11.9. The van der Waals surface area contributed by atoms with Crippen LogP contribution >= 0.6 is 0 Å². The Labute approximate surface area is 147 Å². The molecule has 1 fully saturated rings. The molecule has 136 valence electrons. The summed E-state index contributed by atoms with van der Waals surface area (Å²) >= 11 is 0. The molecule has 1 aromatic rings. The maximum absolute atomic E-state index is 12.3. The number of rotatable bonds is 7. The molecule has 0 bridgehead atoms. The molecule has 0 aromatic heterocycles. The fraction of sp³-hybridized carbons (Fsp3) is 0.526. The number of hydrogen-bond acceptors (Lipinski definition) is 4. The third-order valence-electron chi connectivity index (χ3n) is 4.41. The number of aliphatic carboxylic acids is 1. The molecule has 0 aliphatic carbocycles. The Kier molecular flexibility index (Phi) is 6.56. The van der Waals surface area contributed by atoms with Gasteiger partial charge in [-0.05, 0) is 43.5 Å². The van der Waals surface area contributed by atoms with Crippen LogP contribution in [0.4, 0.5) is 0 Å². The first kappa shape index (κ1) is 19.0. The van der Waals surface area contributed by atoms with Crippen LogP contribution in [0.25, 0.3) is 0 Å². The number of carboxylic acid groups (broad SMARTS) is 1. The van der Waals surface area contributed by atoms with E-state index in [0.717, 1.165) is 0 Å². The number of ketones is 1. The molecule has 2 unspecified atom stereocenters. The Hall–Kier alpha value is -2.37. The summed E-state index contributed by atoms with van der Waals surface area (Å²) in [6, 6.07) is 6.87. The minimum Gasteiger partial charge on any atom is -0.494 e. The van der Waals surface area contributed by atoms with Crippen LogP contribution in [0.3, 0.4) is 0 Å². The van der Waals surface area contributed by atoms with Gasteiger partial charge in [-0.3, -0.25) is 14.4 Å². The molecular weight excluding hydrogens is 322 g/mol. The van der Waals surface area contributed by atoms with Crippen molar-refractivity contribution >= 4 is 17.7 Å². The number of piperidine rings is 1. The largest absolute Gasteiger partial charge is 0.494 e. The van der Waals surface area contributed by atoms with E-state index in [1.807, 2.05) is 13.8 Å². The predicted octanol–water partition coefficient (Wildman–Crippen LogP) is 2.62. The molecule has 1 aromatic carbocycles. The van der Waals surface area contributed by atoms with Gasteiger partial charge in [-0.2, -0.15) is 0 Å². The summed E-state index contributed by atoms with van der Waals surface area (Å²) in [7, 11) is 0. The van der Waals surface area contributed by atoms with Crippen molar-refractivity contribution in [2.45, 2.75) is 33.1 Å². The minimum atomic E-state index is -0.866. The molecule has 2 rings (SSSR count). The van der Waals surface area contributed by atoms with Gasteiger partial charge in [0.25, 0.3) is 0 Å². The van der Waals surface area contributed by atoms with Crippen molar-refractivity contribution < 1.29 is 24.2 Å². The van der Waals surface area contributed by atoms with Crippen LogP contribution in [0.2, 0.25) is 0 Å². The number of hydrogen-bond donors (Lipinski definition) is 1. The highest BCUT2D eigenvalue weighted by atomic mass is 16.5. The van der Waals surface area contributed by atoms with Gasteiger partial charge in [0.15, 0.2) is 5.78 Å². The highest BCUT2D eigenvalue weighted by Gasteiger charge is 2.31. The number of ether oxygens (including phenoxy) is 1. The van der Waals surface area contributed by atoms with Gasteiger partial charge in [0, 0.05) is 31.5 Å². The molecule has 2 atom stereocenters. The van der Waals surface area contributed by atoms with Crippen molar-refractivity contribution in [2.24, 2.45) is 11.8 Å². The van der Waals surface area contributed by atoms with Crippen molar-refractivity contribution in [2.75, 3.05) is 19.7 Å². The summed E-state index contributed by atoms with van der Waals surface area (Å²) in [6.45, 7) is 5.19. The molecule has 1 N–H and O–H groups in total. The second-order valence-corrected chi connectivity index (χ2v) is 6.56. The summed E-state index contributed by atoms with van der Waals surface area (Å²) in [4.78, 5) is 37.4. The highest BCUT2D eigenvalue weighted by molar-refractivity contribution is 5.98. The van der Waals surface area contributed by atoms with Gasteiger partial charge in [0.05, 0.1) is 12.5 Å². The lowest BCUT2D eigenvalue weighted by atomic mass is 9.90. The average molecular weight is 347 g/mol. The maximum Gasteiger partial charge on any atom is 0.308 e. The van der Waals surface area contributed by atoms with E-state index in [1.165, 1.54) is 0 Å². The van der Waals surface area contributed by atoms with Crippen LogP contribution in [0.15, 0.2) is 24.3 Å². The third-order valence-corrected chi connectivity index (χ3v) is 4.41. The van der Waals surface area contributed by atoms with E-state index in [0.29, 0.717) is 30.9 Å². The van der Waals surface area contributed by atoms with E-state index in [9.17, 15) is 19.5 Å². The number of carbonyl (C=O) groups excluding carboxylic acids is 2. The molecule has 0 spiro atoms. The van der Waals surface area contributed by atoms with Crippen molar-refractivity contribution in [3.05, 3.63) is 29.8 Å². The van der Waals surface area contributed by atoms with Gasteiger partial charge in [0.2, 0.25) is 5.91 Å². The van der Waals surface area contributed by atoms with E-state index in [1.54, 1.807) is 29.2 Å². The van der Waals surface area contributed by atoms with Crippen LogP contribution in [0, 0.1) is 11.8 Å². The van der Waals surface area contributed by atoms with E-state index < -0.39 is 11.9 Å². The minimum absolute atomic E-state index is 0.101. The molecule has 1 aliphatic heterocycles. The van der Waals surface area contributed by atoms with Gasteiger partial charge in [-0.15, -0.1) is 0 Å². The molecule has 25 heavy (non-hydrogen) atoms.